The molecule has 4 rings (SSSR count). The fourth-order valence-corrected chi connectivity index (χ4v) is 3.56. The van der Waals surface area contributed by atoms with Crippen molar-refractivity contribution in [2.45, 2.75) is 32.5 Å². The maximum absolute atomic E-state index is 13.0. The van der Waals surface area contributed by atoms with Crippen molar-refractivity contribution in [2.24, 2.45) is 0 Å². The topological polar surface area (TPSA) is 65.9 Å². The number of benzene rings is 1. The van der Waals surface area contributed by atoms with E-state index in [1.165, 1.54) is 12.1 Å². The van der Waals surface area contributed by atoms with Crippen molar-refractivity contribution in [2.75, 3.05) is 18.1 Å². The second-order valence-electron chi connectivity index (χ2n) is 7.41. The molecule has 0 spiro atoms. The number of hydrogen-bond donors (Lipinski definition) is 0. The van der Waals surface area contributed by atoms with Crippen molar-refractivity contribution in [3.05, 3.63) is 72.3 Å². The summed E-state index contributed by atoms with van der Waals surface area (Å²) in [6.07, 6.45) is 6.47. The van der Waals surface area contributed by atoms with E-state index >= 15 is 0 Å². The van der Waals surface area contributed by atoms with E-state index in [0.717, 1.165) is 11.6 Å². The van der Waals surface area contributed by atoms with Gasteiger partial charge < -0.3 is 23.8 Å². The predicted molar refractivity (Wildman–Crippen MR) is 113 cm³/mol. The van der Waals surface area contributed by atoms with E-state index in [0.29, 0.717) is 30.2 Å². The maximum atomic E-state index is 13.0. The number of rotatable bonds is 9. The lowest BCUT2D eigenvalue weighted by molar-refractivity contribution is -0.149. The zero-order valence-corrected chi connectivity index (χ0v) is 18.0. The number of hydrogen-bond acceptors (Lipinski definition) is 7. The molecule has 0 unspecified atom stereocenters. The molecule has 0 aliphatic carbocycles. The molecular formula is C23H21F4N3O4. The predicted octanol–water partition coefficient (Wildman–Crippen LogP) is 5.24. The first-order valence-corrected chi connectivity index (χ1v) is 10.3. The number of alkyl halides is 4. The van der Waals surface area contributed by atoms with Crippen molar-refractivity contribution >= 4 is 11.4 Å². The Hall–Kier alpha value is -3.44. The van der Waals surface area contributed by atoms with Gasteiger partial charge in [0, 0.05) is 42.5 Å². The van der Waals surface area contributed by atoms with Gasteiger partial charge in [0.1, 0.15) is 0 Å². The fourth-order valence-electron chi connectivity index (χ4n) is 3.56. The lowest BCUT2D eigenvalue weighted by Crippen LogP contribution is -2.24. The molecule has 2 aromatic heterocycles. The van der Waals surface area contributed by atoms with Crippen LogP contribution in [0.5, 0.6) is 11.5 Å². The molecule has 3 heterocycles. The number of aromatic nitrogens is 2. The molecule has 1 saturated heterocycles. The Morgan fingerprint density at radius 2 is 1.65 bits per heavy atom. The molecule has 1 aromatic carbocycles. The molecule has 7 nitrogen and oxygen atoms in total. The summed E-state index contributed by atoms with van der Waals surface area (Å²) >= 11 is 0. The van der Waals surface area contributed by atoms with Crippen molar-refractivity contribution in [1.29, 1.82) is 0 Å². The Morgan fingerprint density at radius 1 is 0.912 bits per heavy atom. The molecule has 11 heteroatoms. The normalized spacial score (nSPS) is 15.0. The van der Waals surface area contributed by atoms with Crippen LogP contribution in [0.1, 0.15) is 18.1 Å². The highest BCUT2D eigenvalue weighted by Gasteiger charge is 2.34. The maximum Gasteiger partial charge on any atom is 0.387 e. The van der Waals surface area contributed by atoms with Crippen molar-refractivity contribution < 1.29 is 36.5 Å². The Kier molecular flexibility index (Phi) is 7.13. The number of pyridine rings is 2. The zero-order valence-electron chi connectivity index (χ0n) is 18.0. The quantitative estimate of drug-likeness (QED) is 0.389. The summed E-state index contributed by atoms with van der Waals surface area (Å²) in [5.74, 6) is -2.02. The summed E-state index contributed by atoms with van der Waals surface area (Å²) in [7, 11) is 0. The van der Waals surface area contributed by atoms with Gasteiger partial charge in [0.25, 0.3) is 0 Å². The summed E-state index contributed by atoms with van der Waals surface area (Å²) in [6, 6.07) is 9.21. The number of anilines is 2. The van der Waals surface area contributed by atoms with E-state index in [1.807, 2.05) is 6.07 Å². The third kappa shape index (κ3) is 5.54. The molecule has 1 fully saturated rings. The van der Waals surface area contributed by atoms with Gasteiger partial charge in [-0.15, -0.1) is 0 Å². The van der Waals surface area contributed by atoms with E-state index in [2.05, 4.69) is 19.4 Å². The van der Waals surface area contributed by atoms with Gasteiger partial charge in [-0.3, -0.25) is 9.97 Å². The van der Waals surface area contributed by atoms with Crippen LogP contribution in [0.3, 0.4) is 0 Å². The molecule has 0 bridgehead atoms. The first-order chi connectivity index (χ1) is 16.3. The van der Waals surface area contributed by atoms with E-state index in [4.69, 9.17) is 9.47 Å². The van der Waals surface area contributed by atoms with Crippen LogP contribution in [0.2, 0.25) is 0 Å². The number of ether oxygens (including phenoxy) is 4. The van der Waals surface area contributed by atoms with Crippen molar-refractivity contribution in [3.63, 3.8) is 0 Å². The van der Waals surface area contributed by atoms with Gasteiger partial charge in [-0.25, -0.2) is 0 Å². The Labute approximate surface area is 192 Å². The van der Waals surface area contributed by atoms with E-state index in [-0.39, 0.29) is 6.54 Å². The first-order valence-electron chi connectivity index (χ1n) is 10.3. The van der Waals surface area contributed by atoms with E-state index < -0.39 is 30.5 Å². The standard InChI is InChI=1S/C23H21F4N3O4/c1-23(31-7-8-32-23)16-9-18(13-29-12-16)30(14-15-3-2-6-28-11-15)17-4-5-19(33-21(24)25)20(10-17)34-22(26)27/h2-6,9-13,21-22H,7-8,14H2,1H3. The average molecular weight is 479 g/mol. The summed E-state index contributed by atoms with van der Waals surface area (Å²) in [4.78, 5) is 10.2. The minimum atomic E-state index is -3.23. The number of halogens is 4. The highest BCUT2D eigenvalue weighted by Crippen LogP contribution is 2.39. The van der Waals surface area contributed by atoms with Gasteiger partial charge in [-0.1, -0.05) is 6.07 Å². The molecule has 0 radical (unpaired) electrons. The summed E-state index contributed by atoms with van der Waals surface area (Å²) in [5.41, 5.74) is 2.41. The highest BCUT2D eigenvalue weighted by atomic mass is 19.3. The van der Waals surface area contributed by atoms with Crippen LogP contribution < -0.4 is 14.4 Å². The van der Waals surface area contributed by atoms with Crippen LogP contribution in [-0.2, 0) is 21.8 Å². The molecule has 0 atom stereocenters. The largest absolute Gasteiger partial charge is 0.431 e. The van der Waals surface area contributed by atoms with Crippen LogP contribution in [0, 0.1) is 0 Å². The van der Waals surface area contributed by atoms with Gasteiger partial charge in [-0.05, 0) is 36.8 Å². The van der Waals surface area contributed by atoms with Crippen LogP contribution in [-0.4, -0.2) is 36.4 Å². The summed E-state index contributed by atoms with van der Waals surface area (Å²) < 4.78 is 71.7. The van der Waals surface area contributed by atoms with Crippen LogP contribution in [0.4, 0.5) is 28.9 Å². The Balaban J connectivity index is 1.76. The van der Waals surface area contributed by atoms with Crippen LogP contribution >= 0.6 is 0 Å². The number of nitrogens with zero attached hydrogens (tertiary/aromatic N) is 3. The molecule has 1 aliphatic rings. The molecule has 1 aliphatic heterocycles. The lowest BCUT2D eigenvalue weighted by atomic mass is 10.1. The molecule has 3 aromatic rings. The molecule has 0 N–H and O–H groups in total. The molecular weight excluding hydrogens is 458 g/mol. The van der Waals surface area contributed by atoms with E-state index in [9.17, 15) is 17.6 Å². The van der Waals surface area contributed by atoms with Gasteiger partial charge in [0.05, 0.1) is 25.1 Å². The first kappa shape index (κ1) is 23.7. The van der Waals surface area contributed by atoms with Gasteiger partial charge in [0.15, 0.2) is 17.3 Å². The third-order valence-electron chi connectivity index (χ3n) is 5.13. The molecule has 0 saturated carbocycles. The minimum Gasteiger partial charge on any atom is -0.431 e. The summed E-state index contributed by atoms with van der Waals surface area (Å²) in [5, 5.41) is 0. The van der Waals surface area contributed by atoms with E-state index in [1.54, 1.807) is 48.7 Å². The highest BCUT2D eigenvalue weighted by molar-refractivity contribution is 5.66. The van der Waals surface area contributed by atoms with Crippen LogP contribution in [0.15, 0.2) is 61.2 Å². The zero-order chi connectivity index (χ0) is 24.1. The SMILES string of the molecule is CC1(c2cncc(N(Cc3cccnc3)c3ccc(OC(F)F)c(OC(F)F)c3)c2)OCCO1. The van der Waals surface area contributed by atoms with Crippen molar-refractivity contribution in [3.8, 4) is 11.5 Å². The van der Waals surface area contributed by atoms with Gasteiger partial charge in [-0.2, -0.15) is 17.6 Å². The monoisotopic (exact) mass is 479 g/mol. The van der Waals surface area contributed by atoms with Crippen molar-refractivity contribution in [1.82, 2.24) is 9.97 Å². The second kappa shape index (κ2) is 10.2. The molecule has 180 valence electrons. The molecule has 0 amide bonds. The molecule has 34 heavy (non-hydrogen) atoms. The Bertz CT molecular complexity index is 1100. The third-order valence-corrected chi connectivity index (χ3v) is 5.13. The van der Waals surface area contributed by atoms with Gasteiger partial charge in [0.2, 0.25) is 0 Å². The Morgan fingerprint density at radius 3 is 2.32 bits per heavy atom. The van der Waals surface area contributed by atoms with Gasteiger partial charge >= 0.3 is 13.2 Å². The second-order valence-corrected chi connectivity index (χ2v) is 7.41. The van der Waals surface area contributed by atoms with Crippen LogP contribution in [0.25, 0.3) is 0 Å². The summed E-state index contributed by atoms with van der Waals surface area (Å²) in [6.45, 7) is -3.54. The lowest BCUT2D eigenvalue weighted by Gasteiger charge is -2.28. The fraction of sp³-hybridized carbons (Fsp3) is 0.304. The smallest absolute Gasteiger partial charge is 0.387 e. The minimum absolute atomic E-state index is 0.264. The average Bonchev–Trinajstić information content (AvgIpc) is 3.27.